The maximum Gasteiger partial charge on any atom is 0.122 e. The van der Waals surface area contributed by atoms with Gasteiger partial charge in [-0.25, -0.2) is 0 Å². The van der Waals surface area contributed by atoms with Crippen LogP contribution in [0.25, 0.3) is 0 Å². The maximum absolute atomic E-state index is 9.73. The summed E-state index contributed by atoms with van der Waals surface area (Å²) in [4.78, 5) is 0. The largest absolute Gasteiger partial charge is 0.496 e. The lowest BCUT2D eigenvalue weighted by Gasteiger charge is -2.36. The van der Waals surface area contributed by atoms with E-state index in [1.54, 1.807) is 7.11 Å². The topological polar surface area (TPSA) is 38.7 Å². The summed E-state index contributed by atoms with van der Waals surface area (Å²) < 4.78 is 11.8. The molecule has 1 saturated heterocycles. The van der Waals surface area contributed by atoms with Crippen LogP contribution in [0.4, 0.5) is 0 Å². The third-order valence-electron chi connectivity index (χ3n) is 3.70. The Bertz CT molecular complexity index is 400. The Labute approximate surface area is 116 Å². The molecular formula is C14H19BrO3. The summed E-state index contributed by atoms with van der Waals surface area (Å²) >= 11 is 3.49. The number of methoxy groups -OCH3 is 1. The summed E-state index contributed by atoms with van der Waals surface area (Å²) in [5, 5.41) is 9.73. The van der Waals surface area contributed by atoms with Crippen LogP contribution in [0.1, 0.15) is 18.4 Å². The Balaban J connectivity index is 2.23. The lowest BCUT2D eigenvalue weighted by molar-refractivity contribution is -0.0160. The fourth-order valence-corrected chi connectivity index (χ4v) is 2.89. The Morgan fingerprint density at radius 1 is 1.39 bits per heavy atom. The zero-order valence-corrected chi connectivity index (χ0v) is 12.2. The third-order valence-corrected chi connectivity index (χ3v) is 4.19. The van der Waals surface area contributed by atoms with Gasteiger partial charge in [-0.05, 0) is 43.0 Å². The molecule has 0 aliphatic carbocycles. The molecule has 0 bridgehead atoms. The van der Waals surface area contributed by atoms with Crippen LogP contribution in [0, 0.1) is 5.41 Å². The molecule has 0 radical (unpaired) electrons. The fourth-order valence-electron chi connectivity index (χ4n) is 2.48. The average molecular weight is 315 g/mol. The van der Waals surface area contributed by atoms with E-state index in [1.165, 1.54) is 0 Å². The van der Waals surface area contributed by atoms with Gasteiger partial charge in [-0.1, -0.05) is 15.9 Å². The van der Waals surface area contributed by atoms with Crippen LogP contribution in [0.5, 0.6) is 5.75 Å². The molecule has 1 aliphatic heterocycles. The van der Waals surface area contributed by atoms with Crippen molar-refractivity contribution in [3.05, 3.63) is 28.2 Å². The van der Waals surface area contributed by atoms with Crippen LogP contribution in [0.15, 0.2) is 22.7 Å². The van der Waals surface area contributed by atoms with Crippen molar-refractivity contribution in [3.63, 3.8) is 0 Å². The van der Waals surface area contributed by atoms with Crippen LogP contribution >= 0.6 is 15.9 Å². The van der Waals surface area contributed by atoms with Gasteiger partial charge >= 0.3 is 0 Å². The number of benzene rings is 1. The molecule has 1 aromatic rings. The second-order valence-corrected chi connectivity index (χ2v) is 5.82. The first kappa shape index (κ1) is 13.8. The van der Waals surface area contributed by atoms with Crippen LogP contribution < -0.4 is 4.74 Å². The lowest BCUT2D eigenvalue weighted by Crippen LogP contribution is -2.35. The molecule has 0 atom stereocenters. The number of hydrogen-bond acceptors (Lipinski definition) is 3. The zero-order chi connectivity index (χ0) is 13.0. The van der Waals surface area contributed by atoms with Gasteiger partial charge in [0.1, 0.15) is 5.75 Å². The van der Waals surface area contributed by atoms with E-state index < -0.39 is 0 Å². The number of aliphatic hydroxyl groups is 1. The van der Waals surface area contributed by atoms with Crippen molar-refractivity contribution < 1.29 is 14.6 Å². The molecule has 1 aromatic carbocycles. The highest BCUT2D eigenvalue weighted by Gasteiger charge is 2.33. The number of hydrogen-bond donors (Lipinski definition) is 1. The molecule has 4 heteroatoms. The molecule has 3 nitrogen and oxygen atoms in total. The second kappa shape index (κ2) is 6.04. The molecule has 0 spiro atoms. The van der Waals surface area contributed by atoms with Gasteiger partial charge in [-0.2, -0.15) is 0 Å². The van der Waals surface area contributed by atoms with Gasteiger partial charge in [0.15, 0.2) is 0 Å². The summed E-state index contributed by atoms with van der Waals surface area (Å²) in [7, 11) is 1.68. The van der Waals surface area contributed by atoms with Gasteiger partial charge in [0.25, 0.3) is 0 Å². The monoisotopic (exact) mass is 314 g/mol. The minimum absolute atomic E-state index is 0.0632. The van der Waals surface area contributed by atoms with Crippen LogP contribution in [0.3, 0.4) is 0 Å². The first-order valence-corrected chi connectivity index (χ1v) is 6.99. The predicted molar refractivity (Wildman–Crippen MR) is 74.0 cm³/mol. The minimum Gasteiger partial charge on any atom is -0.496 e. The zero-order valence-electron chi connectivity index (χ0n) is 10.6. The molecule has 1 N–H and O–H groups in total. The molecule has 18 heavy (non-hydrogen) atoms. The molecule has 1 fully saturated rings. The molecule has 0 aromatic heterocycles. The van der Waals surface area contributed by atoms with Gasteiger partial charge in [-0.3, -0.25) is 0 Å². The Morgan fingerprint density at radius 3 is 2.72 bits per heavy atom. The predicted octanol–water partition coefficient (Wildman–Crippen LogP) is 2.79. The highest BCUT2D eigenvalue weighted by atomic mass is 79.9. The van der Waals surface area contributed by atoms with E-state index in [4.69, 9.17) is 9.47 Å². The van der Waals surface area contributed by atoms with Crippen molar-refractivity contribution in [3.8, 4) is 5.75 Å². The first-order chi connectivity index (χ1) is 8.69. The molecule has 0 amide bonds. The van der Waals surface area contributed by atoms with Gasteiger partial charge in [-0.15, -0.1) is 0 Å². The SMILES string of the molecule is COc1ccc(Br)cc1CC1(CO)CCOCC1. The van der Waals surface area contributed by atoms with E-state index in [0.29, 0.717) is 0 Å². The van der Waals surface area contributed by atoms with E-state index in [9.17, 15) is 5.11 Å². The van der Waals surface area contributed by atoms with Gasteiger partial charge in [0, 0.05) is 29.7 Å². The highest BCUT2D eigenvalue weighted by Crippen LogP contribution is 2.37. The number of rotatable bonds is 4. The number of aliphatic hydroxyl groups excluding tert-OH is 1. The van der Waals surface area contributed by atoms with Gasteiger partial charge in [0.05, 0.1) is 7.11 Å². The van der Waals surface area contributed by atoms with Crippen molar-refractivity contribution in [2.24, 2.45) is 5.41 Å². The smallest absolute Gasteiger partial charge is 0.122 e. The number of ether oxygens (including phenoxy) is 2. The summed E-state index contributed by atoms with van der Waals surface area (Å²) in [6.07, 6.45) is 2.63. The molecule has 0 unspecified atom stereocenters. The Morgan fingerprint density at radius 2 is 2.11 bits per heavy atom. The Hall–Kier alpha value is -0.580. The van der Waals surface area contributed by atoms with Crippen LogP contribution in [0.2, 0.25) is 0 Å². The highest BCUT2D eigenvalue weighted by molar-refractivity contribution is 9.10. The average Bonchev–Trinajstić information content (AvgIpc) is 2.40. The maximum atomic E-state index is 9.73. The molecule has 0 saturated carbocycles. The molecule has 2 rings (SSSR count). The van der Waals surface area contributed by atoms with E-state index in [1.807, 2.05) is 12.1 Å². The number of halogens is 1. The van der Waals surface area contributed by atoms with Crippen molar-refractivity contribution in [1.82, 2.24) is 0 Å². The first-order valence-electron chi connectivity index (χ1n) is 6.20. The van der Waals surface area contributed by atoms with Crippen molar-refractivity contribution in [1.29, 1.82) is 0 Å². The Kier molecular flexibility index (Phi) is 4.65. The normalized spacial score (nSPS) is 18.6. The fraction of sp³-hybridized carbons (Fsp3) is 0.571. The second-order valence-electron chi connectivity index (χ2n) is 4.90. The summed E-state index contributed by atoms with van der Waals surface area (Å²) in [5.41, 5.74) is 1.08. The van der Waals surface area contributed by atoms with E-state index in [-0.39, 0.29) is 12.0 Å². The summed E-state index contributed by atoms with van der Waals surface area (Å²) in [6.45, 7) is 1.67. The van der Waals surface area contributed by atoms with Crippen molar-refractivity contribution in [2.75, 3.05) is 26.9 Å². The summed E-state index contributed by atoms with van der Waals surface area (Å²) in [6, 6.07) is 6.01. The van der Waals surface area contributed by atoms with Crippen LogP contribution in [-0.4, -0.2) is 32.0 Å². The quantitative estimate of drug-likeness (QED) is 0.928. The van der Waals surface area contributed by atoms with Crippen molar-refractivity contribution in [2.45, 2.75) is 19.3 Å². The standard InChI is InChI=1S/C14H19BrO3/c1-17-13-3-2-12(15)8-11(13)9-14(10-16)4-6-18-7-5-14/h2-3,8,16H,4-7,9-10H2,1H3. The molecule has 1 aliphatic rings. The van der Waals surface area contributed by atoms with E-state index >= 15 is 0 Å². The summed E-state index contributed by atoms with van der Waals surface area (Å²) in [5.74, 6) is 0.887. The molecular weight excluding hydrogens is 296 g/mol. The molecule has 100 valence electrons. The third kappa shape index (κ3) is 3.05. The molecule has 1 heterocycles. The minimum atomic E-state index is -0.0632. The van der Waals surface area contributed by atoms with Gasteiger partial charge < -0.3 is 14.6 Å². The lowest BCUT2D eigenvalue weighted by atomic mass is 9.76. The van der Waals surface area contributed by atoms with E-state index in [2.05, 4.69) is 22.0 Å². The van der Waals surface area contributed by atoms with Gasteiger partial charge in [0.2, 0.25) is 0 Å². The van der Waals surface area contributed by atoms with E-state index in [0.717, 1.165) is 48.3 Å². The van der Waals surface area contributed by atoms with Crippen molar-refractivity contribution >= 4 is 15.9 Å². The van der Waals surface area contributed by atoms with Crippen LogP contribution in [-0.2, 0) is 11.2 Å².